The molecule has 1 aliphatic rings. The Morgan fingerprint density at radius 1 is 0.857 bits per heavy atom. The number of carbonyl (C=O) groups is 1. The minimum absolute atomic E-state index is 0.214. The SMILES string of the molecule is CC(C)NCCCCCCCCCN1CCC(C(C(N)=O)(c2ccccc2)c2ccccc2)CC1. The quantitative estimate of drug-likeness (QED) is 0.314. The summed E-state index contributed by atoms with van der Waals surface area (Å²) < 4.78 is 0. The molecule has 4 heteroatoms. The summed E-state index contributed by atoms with van der Waals surface area (Å²) in [5, 5.41) is 3.50. The van der Waals surface area contributed by atoms with E-state index in [9.17, 15) is 4.79 Å². The van der Waals surface area contributed by atoms with E-state index in [1.165, 1.54) is 51.5 Å². The van der Waals surface area contributed by atoms with Gasteiger partial charge in [0.15, 0.2) is 0 Å². The largest absolute Gasteiger partial charge is 0.369 e. The zero-order chi connectivity index (χ0) is 24.9. The Labute approximate surface area is 213 Å². The molecule has 0 aliphatic carbocycles. The molecule has 1 aliphatic heterocycles. The van der Waals surface area contributed by atoms with E-state index in [0.29, 0.717) is 6.04 Å². The highest BCUT2D eigenvalue weighted by molar-refractivity contribution is 5.91. The molecule has 3 N–H and O–H groups in total. The highest BCUT2D eigenvalue weighted by Crippen LogP contribution is 2.44. The number of hydrogen-bond donors (Lipinski definition) is 2. The first-order valence-electron chi connectivity index (χ1n) is 13.9. The minimum atomic E-state index is -0.765. The summed E-state index contributed by atoms with van der Waals surface area (Å²) in [7, 11) is 0. The molecule has 0 bridgehead atoms. The lowest BCUT2D eigenvalue weighted by Crippen LogP contribution is -2.51. The Hall–Kier alpha value is -2.17. The molecule has 2 aromatic rings. The molecule has 0 unspecified atom stereocenters. The zero-order valence-corrected chi connectivity index (χ0v) is 22.1. The predicted molar refractivity (Wildman–Crippen MR) is 147 cm³/mol. The molecule has 1 fully saturated rings. The fourth-order valence-corrected chi connectivity index (χ4v) is 5.85. The second-order valence-electron chi connectivity index (χ2n) is 10.6. The average Bonchev–Trinajstić information content (AvgIpc) is 2.87. The zero-order valence-electron chi connectivity index (χ0n) is 22.1. The van der Waals surface area contributed by atoms with Crippen LogP contribution in [-0.2, 0) is 10.2 Å². The van der Waals surface area contributed by atoms with Crippen molar-refractivity contribution in [2.24, 2.45) is 11.7 Å². The number of carbonyl (C=O) groups excluding carboxylic acids is 1. The van der Waals surface area contributed by atoms with Crippen molar-refractivity contribution in [3.05, 3.63) is 71.8 Å². The van der Waals surface area contributed by atoms with Crippen LogP contribution in [0.15, 0.2) is 60.7 Å². The second-order valence-corrected chi connectivity index (χ2v) is 10.6. The number of likely N-dealkylation sites (tertiary alicyclic amines) is 1. The summed E-state index contributed by atoms with van der Waals surface area (Å²) >= 11 is 0. The van der Waals surface area contributed by atoms with Gasteiger partial charge in [-0.1, -0.05) is 107 Å². The summed E-state index contributed by atoms with van der Waals surface area (Å²) in [6.07, 6.45) is 11.3. The molecule has 4 nitrogen and oxygen atoms in total. The Bertz CT molecular complexity index is 805. The van der Waals surface area contributed by atoms with Crippen molar-refractivity contribution in [2.75, 3.05) is 26.2 Å². The fourth-order valence-electron chi connectivity index (χ4n) is 5.85. The van der Waals surface area contributed by atoms with Gasteiger partial charge >= 0.3 is 0 Å². The summed E-state index contributed by atoms with van der Waals surface area (Å²) in [6.45, 7) is 8.83. The van der Waals surface area contributed by atoms with Crippen LogP contribution in [-0.4, -0.2) is 43.0 Å². The Balaban J connectivity index is 1.47. The minimum Gasteiger partial charge on any atom is -0.369 e. The smallest absolute Gasteiger partial charge is 0.232 e. The fraction of sp³-hybridized carbons (Fsp3) is 0.581. The summed E-state index contributed by atoms with van der Waals surface area (Å²) in [5.74, 6) is -0.0143. The maximum Gasteiger partial charge on any atom is 0.232 e. The molecule has 0 radical (unpaired) electrons. The van der Waals surface area contributed by atoms with E-state index >= 15 is 0 Å². The molecule has 1 heterocycles. The Kier molecular flexibility index (Phi) is 11.3. The molecule has 192 valence electrons. The van der Waals surface area contributed by atoms with Gasteiger partial charge in [-0.25, -0.2) is 0 Å². The lowest BCUT2D eigenvalue weighted by molar-refractivity contribution is -0.124. The standard InChI is InChI=1S/C31H47N3O/c1-26(2)33-22-14-6-4-3-5-7-15-23-34-24-20-29(21-25-34)31(30(32)35,27-16-10-8-11-17-27)28-18-12-9-13-19-28/h8-13,16-19,26,29,33H,3-7,14-15,20-25H2,1-2H3,(H2,32,35). The van der Waals surface area contributed by atoms with Crippen LogP contribution in [0.3, 0.4) is 0 Å². The van der Waals surface area contributed by atoms with Crippen molar-refractivity contribution in [1.29, 1.82) is 0 Å². The van der Waals surface area contributed by atoms with Gasteiger partial charge in [-0.3, -0.25) is 4.79 Å². The van der Waals surface area contributed by atoms with Crippen molar-refractivity contribution in [3.63, 3.8) is 0 Å². The van der Waals surface area contributed by atoms with Crippen LogP contribution in [0.4, 0.5) is 0 Å². The van der Waals surface area contributed by atoms with Crippen molar-refractivity contribution in [1.82, 2.24) is 10.2 Å². The molecule has 0 spiro atoms. The van der Waals surface area contributed by atoms with Gasteiger partial charge in [-0.2, -0.15) is 0 Å². The van der Waals surface area contributed by atoms with Crippen molar-refractivity contribution in [3.8, 4) is 0 Å². The van der Waals surface area contributed by atoms with Crippen molar-refractivity contribution in [2.45, 2.75) is 83.1 Å². The van der Waals surface area contributed by atoms with Gasteiger partial charge in [0.1, 0.15) is 5.41 Å². The maximum atomic E-state index is 13.2. The van der Waals surface area contributed by atoms with Gasteiger partial charge in [-0.15, -0.1) is 0 Å². The topological polar surface area (TPSA) is 58.4 Å². The maximum absolute atomic E-state index is 13.2. The lowest BCUT2D eigenvalue weighted by Gasteiger charge is -2.43. The van der Waals surface area contributed by atoms with Crippen LogP contribution in [0.1, 0.15) is 82.8 Å². The van der Waals surface area contributed by atoms with E-state index in [2.05, 4.69) is 48.3 Å². The van der Waals surface area contributed by atoms with Crippen LogP contribution < -0.4 is 11.1 Å². The number of nitrogens with zero attached hydrogens (tertiary/aromatic N) is 1. The van der Waals surface area contributed by atoms with Crippen LogP contribution in [0.2, 0.25) is 0 Å². The lowest BCUT2D eigenvalue weighted by atomic mass is 9.62. The molecule has 0 atom stereocenters. The third kappa shape index (κ3) is 7.65. The van der Waals surface area contributed by atoms with Gasteiger partial charge in [0.25, 0.3) is 0 Å². The van der Waals surface area contributed by atoms with Gasteiger partial charge in [-0.05, 0) is 68.9 Å². The van der Waals surface area contributed by atoms with Gasteiger partial charge < -0.3 is 16.0 Å². The van der Waals surface area contributed by atoms with Crippen LogP contribution >= 0.6 is 0 Å². The summed E-state index contributed by atoms with van der Waals surface area (Å²) in [6, 6.07) is 21.0. The first kappa shape index (κ1) is 27.4. The molecule has 0 saturated carbocycles. The number of unbranched alkanes of at least 4 members (excludes halogenated alkanes) is 6. The number of nitrogens with one attached hydrogen (secondary N) is 1. The second kappa shape index (κ2) is 14.4. The number of primary amides is 1. The van der Waals surface area contributed by atoms with Crippen LogP contribution in [0, 0.1) is 5.92 Å². The molecule has 0 aromatic heterocycles. The molecule has 35 heavy (non-hydrogen) atoms. The normalized spacial score (nSPS) is 15.5. The number of amides is 1. The first-order valence-corrected chi connectivity index (χ1v) is 13.9. The summed E-state index contributed by atoms with van der Waals surface area (Å²) in [4.78, 5) is 15.8. The molecule has 1 amide bonds. The highest BCUT2D eigenvalue weighted by Gasteiger charge is 2.47. The first-order chi connectivity index (χ1) is 17.0. The van der Waals surface area contributed by atoms with E-state index in [1.807, 2.05) is 36.4 Å². The predicted octanol–water partition coefficient (Wildman–Crippen LogP) is 5.90. The van der Waals surface area contributed by atoms with E-state index in [-0.39, 0.29) is 11.8 Å². The Morgan fingerprint density at radius 3 is 1.83 bits per heavy atom. The van der Waals surface area contributed by atoms with Gasteiger partial charge in [0.05, 0.1) is 0 Å². The molecule has 3 rings (SSSR count). The highest BCUT2D eigenvalue weighted by atomic mass is 16.1. The number of rotatable bonds is 15. The monoisotopic (exact) mass is 477 g/mol. The number of hydrogen-bond acceptors (Lipinski definition) is 3. The van der Waals surface area contributed by atoms with E-state index in [4.69, 9.17) is 5.73 Å². The Morgan fingerprint density at radius 2 is 1.34 bits per heavy atom. The van der Waals surface area contributed by atoms with Crippen LogP contribution in [0.25, 0.3) is 0 Å². The molecular formula is C31H47N3O. The number of piperidine rings is 1. The number of benzene rings is 2. The van der Waals surface area contributed by atoms with Crippen LogP contribution in [0.5, 0.6) is 0 Å². The molecule has 1 saturated heterocycles. The van der Waals surface area contributed by atoms with E-state index in [0.717, 1.165) is 43.6 Å². The van der Waals surface area contributed by atoms with Gasteiger partial charge in [0.2, 0.25) is 5.91 Å². The van der Waals surface area contributed by atoms with E-state index in [1.54, 1.807) is 0 Å². The number of nitrogens with two attached hydrogens (primary N) is 1. The van der Waals surface area contributed by atoms with E-state index < -0.39 is 5.41 Å². The van der Waals surface area contributed by atoms with Crippen molar-refractivity contribution >= 4 is 5.91 Å². The van der Waals surface area contributed by atoms with Crippen molar-refractivity contribution < 1.29 is 4.79 Å². The summed E-state index contributed by atoms with van der Waals surface area (Å²) in [5.41, 5.74) is 7.51. The molecular weight excluding hydrogens is 430 g/mol. The average molecular weight is 478 g/mol. The molecule has 2 aromatic carbocycles. The third-order valence-electron chi connectivity index (χ3n) is 7.75. The third-order valence-corrected chi connectivity index (χ3v) is 7.75. The van der Waals surface area contributed by atoms with Gasteiger partial charge in [0, 0.05) is 6.04 Å².